The zero-order valence-electron chi connectivity index (χ0n) is 26.1. The van der Waals surface area contributed by atoms with Crippen LogP contribution in [0.25, 0.3) is 10.2 Å². The summed E-state index contributed by atoms with van der Waals surface area (Å²) in [7, 11) is -4.22. The number of ketones is 1. The maximum Gasteiger partial charge on any atom is 0.322 e. The first-order chi connectivity index (χ1) is 22.6. The monoisotopic (exact) mass is 695 g/mol. The average molecular weight is 696 g/mol. The van der Waals surface area contributed by atoms with Gasteiger partial charge in [0, 0.05) is 25.1 Å². The minimum absolute atomic E-state index is 0.0498. The number of benzene rings is 2. The van der Waals surface area contributed by atoms with Gasteiger partial charge in [-0.15, -0.1) is 11.3 Å². The fraction of sp³-hybridized carbons (Fsp3) is 0.382. The number of hydrogen-bond donors (Lipinski definition) is 2. The van der Waals surface area contributed by atoms with Crippen LogP contribution in [0.1, 0.15) is 85.4 Å². The first-order valence-electron chi connectivity index (χ1n) is 15.7. The Hall–Kier alpha value is -3.65. The third kappa shape index (κ3) is 8.45. The van der Waals surface area contributed by atoms with Crippen molar-refractivity contribution in [2.45, 2.75) is 80.0 Å². The van der Waals surface area contributed by atoms with Gasteiger partial charge in [0.2, 0.25) is 10.0 Å². The maximum atomic E-state index is 13.3. The summed E-state index contributed by atoms with van der Waals surface area (Å²) in [5.41, 5.74) is 2.45. The number of hydrogen-bond acceptors (Lipinski definition) is 9. The van der Waals surface area contributed by atoms with E-state index in [0.29, 0.717) is 34.2 Å². The molecule has 10 nitrogen and oxygen atoms in total. The molecular formula is C34H37N3O7S3. The van der Waals surface area contributed by atoms with E-state index in [0.717, 1.165) is 22.1 Å². The third-order valence-electron chi connectivity index (χ3n) is 8.17. The Labute approximate surface area is 282 Å². The molecule has 0 saturated heterocycles. The first-order valence-corrected chi connectivity index (χ1v) is 19.0. The van der Waals surface area contributed by atoms with Gasteiger partial charge in [-0.3, -0.25) is 24.1 Å². The van der Waals surface area contributed by atoms with Crippen molar-refractivity contribution in [2.75, 3.05) is 12.3 Å². The molecule has 47 heavy (non-hydrogen) atoms. The topological polar surface area (TPSA) is 151 Å². The molecule has 2 aromatic carbocycles. The quantitative estimate of drug-likeness (QED) is 0.0931. The van der Waals surface area contributed by atoms with Gasteiger partial charge in [-0.05, 0) is 55.2 Å². The van der Waals surface area contributed by atoms with Crippen LogP contribution in [0, 0.1) is 0 Å². The molecule has 0 saturated carbocycles. The van der Waals surface area contributed by atoms with Crippen LogP contribution < -0.4 is 4.72 Å². The van der Waals surface area contributed by atoms with Crippen LogP contribution in [0.3, 0.4) is 0 Å². The molecule has 2 amide bonds. The lowest BCUT2D eigenvalue weighted by molar-refractivity contribution is -0.138. The number of amides is 2. The number of nitrogens with one attached hydrogen (secondary N) is 1. The summed E-state index contributed by atoms with van der Waals surface area (Å²) >= 11 is 3.06. The number of allylic oxidation sites excluding steroid dienone is 3. The Morgan fingerprint density at radius 3 is 2.43 bits per heavy atom. The summed E-state index contributed by atoms with van der Waals surface area (Å²) in [5.74, 6) is -1.41. The zero-order valence-corrected chi connectivity index (χ0v) is 28.5. The molecule has 1 atom stereocenters. The van der Waals surface area contributed by atoms with E-state index in [1.165, 1.54) is 60.1 Å². The van der Waals surface area contributed by atoms with Crippen LogP contribution >= 0.6 is 23.1 Å². The predicted molar refractivity (Wildman–Crippen MR) is 182 cm³/mol. The van der Waals surface area contributed by atoms with E-state index in [-0.39, 0.29) is 47.5 Å². The van der Waals surface area contributed by atoms with E-state index in [9.17, 15) is 32.7 Å². The first kappa shape index (κ1) is 34.7. The van der Waals surface area contributed by atoms with Gasteiger partial charge >= 0.3 is 5.97 Å². The molecule has 2 aliphatic rings. The van der Waals surface area contributed by atoms with Crippen LogP contribution in [-0.2, 0) is 19.6 Å². The second-order valence-corrected chi connectivity index (χ2v) is 15.7. The van der Waals surface area contributed by atoms with Gasteiger partial charge in [-0.25, -0.2) is 13.4 Å². The number of imide groups is 1. The lowest BCUT2D eigenvalue weighted by Crippen LogP contribution is -2.41. The van der Waals surface area contributed by atoms with Gasteiger partial charge in [-0.1, -0.05) is 74.2 Å². The fourth-order valence-electron chi connectivity index (χ4n) is 5.58. The number of nitrogens with zero attached hydrogens (tertiary/aromatic N) is 2. The number of thiazole rings is 1. The lowest BCUT2D eigenvalue weighted by Gasteiger charge is -2.19. The molecule has 0 radical (unpaired) electrons. The minimum Gasteiger partial charge on any atom is -0.480 e. The molecule has 0 fully saturated rings. The molecule has 1 aliphatic heterocycles. The van der Waals surface area contributed by atoms with E-state index in [4.69, 9.17) is 0 Å². The minimum atomic E-state index is -4.22. The van der Waals surface area contributed by atoms with Crippen LogP contribution in [-0.4, -0.2) is 65.3 Å². The van der Waals surface area contributed by atoms with Gasteiger partial charge in [0.05, 0.1) is 26.2 Å². The van der Waals surface area contributed by atoms with Crippen molar-refractivity contribution in [1.29, 1.82) is 0 Å². The van der Waals surface area contributed by atoms with Crippen molar-refractivity contribution in [2.24, 2.45) is 0 Å². The SMILES string of the molecule is CCCCCCCSc1nc2ccc(S(=O)(=O)N[C@H](CC3=CC=C(CCCN4C(=O)c5ccccc5C4=O)CC3=O)C(=O)O)cc2s1. The molecule has 5 rings (SSSR count). The number of unbranched alkanes of at least 4 members (excludes halogenated alkanes) is 4. The normalized spacial score (nSPS) is 15.6. The van der Waals surface area contributed by atoms with Crippen LogP contribution in [0.2, 0.25) is 0 Å². The van der Waals surface area contributed by atoms with Crippen molar-refractivity contribution >= 4 is 66.9 Å². The number of carboxylic acid groups (broad SMARTS) is 1. The number of sulfonamides is 1. The molecule has 13 heteroatoms. The predicted octanol–water partition coefficient (Wildman–Crippen LogP) is 6.38. The molecule has 2 heterocycles. The third-order valence-corrected chi connectivity index (χ3v) is 11.9. The second-order valence-electron chi connectivity index (χ2n) is 11.6. The number of aromatic nitrogens is 1. The summed E-state index contributed by atoms with van der Waals surface area (Å²) in [4.78, 5) is 56.0. The standard InChI is InChI=1S/C34H37N3O7S3/c1-2-3-4-5-8-18-45-34-35-27-16-15-24(21-30(27)46-34)47(43,44)36-28(33(41)42)20-23-14-13-22(19-29(23)38)10-9-17-37-31(39)25-11-6-7-12-26(25)32(37)40/h6-7,11-16,21,28,36H,2-5,8-10,17-20H2,1H3,(H,41,42)/t28-/m1/s1. The Morgan fingerprint density at radius 1 is 1.02 bits per heavy atom. The smallest absolute Gasteiger partial charge is 0.322 e. The van der Waals surface area contributed by atoms with E-state index < -0.39 is 22.0 Å². The Morgan fingerprint density at radius 2 is 1.74 bits per heavy atom. The number of Topliss-reactive ketones (excluding diaryl/α,β-unsaturated/α-hetero) is 1. The number of carbonyl (C=O) groups excluding carboxylic acids is 3. The molecule has 3 aromatic rings. The highest BCUT2D eigenvalue weighted by Crippen LogP contribution is 2.32. The van der Waals surface area contributed by atoms with Crippen molar-refractivity contribution in [3.63, 3.8) is 0 Å². The van der Waals surface area contributed by atoms with Gasteiger partial charge < -0.3 is 5.11 Å². The number of fused-ring (bicyclic) bond motifs is 2. The Balaban J connectivity index is 1.17. The van der Waals surface area contributed by atoms with Gasteiger partial charge in [-0.2, -0.15) is 4.72 Å². The number of thioether (sulfide) groups is 1. The van der Waals surface area contributed by atoms with Crippen LogP contribution in [0.5, 0.6) is 0 Å². The summed E-state index contributed by atoms with van der Waals surface area (Å²) in [6.45, 7) is 2.39. The zero-order chi connectivity index (χ0) is 33.6. The Bertz CT molecular complexity index is 1830. The largest absolute Gasteiger partial charge is 0.480 e. The highest BCUT2D eigenvalue weighted by molar-refractivity contribution is 8.01. The molecule has 0 spiro atoms. The highest BCUT2D eigenvalue weighted by Gasteiger charge is 2.35. The van der Waals surface area contributed by atoms with Crippen LogP contribution in [0.4, 0.5) is 0 Å². The van der Waals surface area contributed by atoms with Crippen LogP contribution in [0.15, 0.2) is 75.0 Å². The fourth-order valence-corrected chi connectivity index (χ4v) is 9.05. The van der Waals surface area contributed by atoms with Gasteiger partial charge in [0.1, 0.15) is 6.04 Å². The summed E-state index contributed by atoms with van der Waals surface area (Å²) in [6.07, 6.45) is 9.84. The lowest BCUT2D eigenvalue weighted by atomic mass is 9.91. The number of aliphatic carboxylic acids is 1. The van der Waals surface area contributed by atoms with E-state index in [1.54, 1.807) is 48.2 Å². The molecule has 1 aromatic heterocycles. The molecule has 1 aliphatic carbocycles. The number of carbonyl (C=O) groups is 4. The van der Waals surface area contributed by atoms with E-state index in [2.05, 4.69) is 16.6 Å². The van der Waals surface area contributed by atoms with Crippen molar-refractivity contribution in [3.8, 4) is 0 Å². The van der Waals surface area contributed by atoms with Crippen molar-refractivity contribution < 1.29 is 32.7 Å². The van der Waals surface area contributed by atoms with Gasteiger partial charge in [0.25, 0.3) is 11.8 Å². The molecule has 2 N–H and O–H groups in total. The van der Waals surface area contributed by atoms with Crippen molar-refractivity contribution in [1.82, 2.24) is 14.6 Å². The summed E-state index contributed by atoms with van der Waals surface area (Å²) < 4.78 is 30.3. The molecule has 0 bridgehead atoms. The van der Waals surface area contributed by atoms with E-state index >= 15 is 0 Å². The summed E-state index contributed by atoms with van der Waals surface area (Å²) in [6, 6.07) is 9.66. The number of carboxylic acids is 1. The molecule has 248 valence electrons. The summed E-state index contributed by atoms with van der Waals surface area (Å²) in [5, 5.41) is 9.85. The molecule has 0 unspecified atom stereocenters. The average Bonchev–Trinajstić information content (AvgIpc) is 3.57. The number of rotatable bonds is 17. The second kappa shape index (κ2) is 15.5. The van der Waals surface area contributed by atoms with E-state index in [1.807, 2.05) is 0 Å². The van der Waals surface area contributed by atoms with Crippen molar-refractivity contribution in [3.05, 3.63) is 76.9 Å². The maximum absolute atomic E-state index is 13.3. The molecular weight excluding hydrogens is 659 g/mol. The van der Waals surface area contributed by atoms with Gasteiger partial charge in [0.15, 0.2) is 10.1 Å². The Kier molecular flexibility index (Phi) is 11.4. The highest BCUT2D eigenvalue weighted by atomic mass is 32.2.